The Labute approximate surface area is 393 Å². The van der Waals surface area contributed by atoms with E-state index >= 15 is 0 Å². The summed E-state index contributed by atoms with van der Waals surface area (Å²) in [6.07, 6.45) is 35.0. The zero-order valence-corrected chi connectivity index (χ0v) is 41.4. The minimum atomic E-state index is -5.13. The van der Waals surface area contributed by atoms with Crippen molar-refractivity contribution in [1.82, 2.24) is 0 Å². The van der Waals surface area contributed by atoms with Gasteiger partial charge in [0.1, 0.15) is 43.2 Å². The zero-order valence-electron chi connectivity index (χ0n) is 40.5. The van der Waals surface area contributed by atoms with Crippen LogP contribution >= 0.6 is 7.82 Å². The van der Waals surface area contributed by atoms with E-state index in [1.807, 2.05) is 6.08 Å². The molecular formula is C51H93O13P. The molecule has 0 aromatic carbocycles. The predicted octanol–water partition coefficient (Wildman–Crippen LogP) is 11.0. The Bertz CT molecular complexity index is 1280. The fourth-order valence-corrected chi connectivity index (χ4v) is 8.75. The van der Waals surface area contributed by atoms with Crippen molar-refractivity contribution in [3.8, 4) is 0 Å². The van der Waals surface area contributed by atoms with Gasteiger partial charge in [-0.15, -0.1) is 0 Å². The predicted molar refractivity (Wildman–Crippen MR) is 258 cm³/mol. The maximum absolute atomic E-state index is 12.8. The Kier molecular flexibility index (Phi) is 38.6. The van der Waals surface area contributed by atoms with Crippen molar-refractivity contribution in [2.75, 3.05) is 13.2 Å². The van der Waals surface area contributed by atoms with Crippen molar-refractivity contribution in [3.63, 3.8) is 0 Å². The van der Waals surface area contributed by atoms with Crippen molar-refractivity contribution in [2.24, 2.45) is 0 Å². The maximum atomic E-state index is 12.8. The van der Waals surface area contributed by atoms with Crippen LogP contribution in [0.3, 0.4) is 0 Å². The molecule has 65 heavy (non-hydrogen) atoms. The second-order valence-corrected chi connectivity index (χ2v) is 19.4. The molecule has 1 fully saturated rings. The highest BCUT2D eigenvalue weighted by atomic mass is 31.2. The Hall–Kier alpha value is -1.93. The number of esters is 2. The van der Waals surface area contributed by atoms with E-state index in [0.717, 1.165) is 44.9 Å². The van der Waals surface area contributed by atoms with E-state index < -0.39 is 75.7 Å². The molecule has 8 atom stereocenters. The molecule has 0 aromatic heterocycles. The van der Waals surface area contributed by atoms with E-state index in [1.54, 1.807) is 0 Å². The second-order valence-electron chi connectivity index (χ2n) is 18.0. The van der Waals surface area contributed by atoms with E-state index in [0.29, 0.717) is 19.3 Å². The highest BCUT2D eigenvalue weighted by Crippen LogP contribution is 2.47. The number of aliphatic hydroxyl groups excluding tert-OH is 5. The zero-order chi connectivity index (χ0) is 47.8. The quantitative estimate of drug-likeness (QED) is 0.0146. The summed E-state index contributed by atoms with van der Waals surface area (Å²) in [4.78, 5) is 35.7. The van der Waals surface area contributed by atoms with Gasteiger partial charge >= 0.3 is 19.8 Å². The van der Waals surface area contributed by atoms with E-state index in [9.17, 15) is 44.6 Å². The van der Waals surface area contributed by atoms with Gasteiger partial charge in [0.25, 0.3) is 0 Å². The normalized spacial score (nSPS) is 21.7. The third-order valence-electron chi connectivity index (χ3n) is 11.9. The SMILES string of the molecule is CCCCCCCC/C=C/CCCCCC(=O)OC[C@H](COP(=O)(O)OC1C(O)C(O)C(O)[C@@H](O)C1O)OC(=O)CCC/C=C/CC/C=C/CCCCCCCCCCCCCCCC. The molecule has 0 radical (unpaired) electrons. The molecule has 0 heterocycles. The lowest BCUT2D eigenvalue weighted by molar-refractivity contribution is -0.220. The number of allylic oxidation sites excluding steroid dienone is 6. The third-order valence-corrected chi connectivity index (χ3v) is 12.9. The van der Waals surface area contributed by atoms with Crippen LogP contribution in [0.5, 0.6) is 0 Å². The molecule has 0 saturated heterocycles. The summed E-state index contributed by atoms with van der Waals surface area (Å²) in [5.74, 6) is -1.16. The van der Waals surface area contributed by atoms with Gasteiger partial charge in [-0.25, -0.2) is 4.57 Å². The number of aliphatic hydroxyl groups is 5. The highest BCUT2D eigenvalue weighted by Gasteiger charge is 2.51. The number of ether oxygens (including phenoxy) is 2. The summed E-state index contributed by atoms with van der Waals surface area (Å²) in [5.41, 5.74) is 0. The summed E-state index contributed by atoms with van der Waals surface area (Å²) in [5, 5.41) is 50.2. The molecule has 0 aliphatic heterocycles. The Balaban J connectivity index is 2.41. The van der Waals surface area contributed by atoms with Gasteiger partial charge in [-0.05, 0) is 70.6 Å². The Morgan fingerprint density at radius 2 is 0.815 bits per heavy atom. The van der Waals surface area contributed by atoms with Gasteiger partial charge in [0.15, 0.2) is 6.10 Å². The van der Waals surface area contributed by atoms with E-state index in [2.05, 4.69) is 44.2 Å². The molecule has 1 aliphatic carbocycles. The molecule has 1 rings (SSSR count). The molecule has 6 unspecified atom stereocenters. The smallest absolute Gasteiger partial charge is 0.462 e. The minimum Gasteiger partial charge on any atom is -0.462 e. The summed E-state index contributed by atoms with van der Waals surface area (Å²) >= 11 is 0. The molecule has 14 heteroatoms. The molecule has 13 nitrogen and oxygen atoms in total. The molecule has 0 amide bonds. The Morgan fingerprint density at radius 1 is 0.462 bits per heavy atom. The lowest BCUT2D eigenvalue weighted by atomic mass is 9.85. The van der Waals surface area contributed by atoms with Crippen molar-refractivity contribution >= 4 is 19.8 Å². The monoisotopic (exact) mass is 945 g/mol. The average molecular weight is 945 g/mol. The average Bonchev–Trinajstić information content (AvgIpc) is 3.29. The first-order valence-electron chi connectivity index (χ1n) is 25.8. The summed E-state index contributed by atoms with van der Waals surface area (Å²) in [6, 6.07) is 0. The van der Waals surface area contributed by atoms with Crippen LogP contribution in [0.15, 0.2) is 36.5 Å². The van der Waals surface area contributed by atoms with Crippen LogP contribution in [0, 0.1) is 0 Å². The number of phosphoric acid groups is 1. The number of hydrogen-bond donors (Lipinski definition) is 6. The summed E-state index contributed by atoms with van der Waals surface area (Å²) in [7, 11) is -5.13. The van der Waals surface area contributed by atoms with E-state index in [4.69, 9.17) is 18.5 Å². The van der Waals surface area contributed by atoms with Gasteiger partial charge < -0.3 is 39.9 Å². The molecule has 380 valence electrons. The first-order valence-corrected chi connectivity index (χ1v) is 27.3. The molecule has 1 saturated carbocycles. The van der Waals surface area contributed by atoms with Crippen LogP contribution in [-0.4, -0.2) is 98.3 Å². The topological polar surface area (TPSA) is 210 Å². The summed E-state index contributed by atoms with van der Waals surface area (Å²) < 4.78 is 33.5. The second kappa shape index (κ2) is 41.1. The van der Waals surface area contributed by atoms with Gasteiger partial charge in [0.05, 0.1) is 6.61 Å². The number of phosphoric ester groups is 1. The number of carbonyl (C=O) groups excluding carboxylic acids is 2. The van der Waals surface area contributed by atoms with Gasteiger partial charge in [-0.3, -0.25) is 18.6 Å². The molecule has 1 aliphatic rings. The molecule has 0 aromatic rings. The van der Waals surface area contributed by atoms with Crippen molar-refractivity contribution in [2.45, 2.75) is 262 Å². The minimum absolute atomic E-state index is 0.0349. The highest BCUT2D eigenvalue weighted by molar-refractivity contribution is 7.47. The van der Waals surface area contributed by atoms with E-state index in [1.165, 1.54) is 128 Å². The number of rotatable bonds is 43. The molecule has 6 N–H and O–H groups in total. The fraction of sp³-hybridized carbons (Fsp3) is 0.843. The van der Waals surface area contributed by atoms with Gasteiger partial charge in [-0.1, -0.05) is 172 Å². The van der Waals surface area contributed by atoms with Crippen LogP contribution in [0.1, 0.15) is 219 Å². The number of hydrogen-bond acceptors (Lipinski definition) is 12. The fourth-order valence-electron chi connectivity index (χ4n) is 7.77. The van der Waals surface area contributed by atoms with Crippen molar-refractivity contribution in [3.05, 3.63) is 36.5 Å². The van der Waals surface area contributed by atoms with Crippen LogP contribution in [0.4, 0.5) is 0 Å². The van der Waals surface area contributed by atoms with Crippen LogP contribution in [-0.2, 0) is 32.7 Å². The van der Waals surface area contributed by atoms with Crippen molar-refractivity contribution < 1.29 is 63.1 Å². The standard InChI is InChI=1S/C51H93O13P/c1-3-5-7-9-11-13-15-17-18-19-20-21-22-23-24-25-26-28-30-32-34-36-38-40-45(53)63-43(42-62-65(59,60)64-51-49(57)47(55)46(54)48(56)50(51)58)41-61-44(52)39-37-35-33-31-29-27-16-14-12-10-8-6-4-2/h25-27,29,32,34,43,46-51,54-58H,3-24,28,30-31,33,35-42H2,1-2H3,(H,59,60)/b26-25+,29-27+,34-32+/t43-,46?,47-,48?,49?,50?,51?/m1/s1. The molecule has 0 spiro atoms. The molecule has 0 bridgehead atoms. The lowest BCUT2D eigenvalue weighted by Gasteiger charge is -2.41. The first kappa shape index (κ1) is 61.1. The first-order chi connectivity index (χ1) is 31.4. The van der Waals surface area contributed by atoms with Gasteiger partial charge in [0.2, 0.25) is 0 Å². The van der Waals surface area contributed by atoms with Crippen LogP contribution in [0.2, 0.25) is 0 Å². The van der Waals surface area contributed by atoms with Crippen molar-refractivity contribution in [1.29, 1.82) is 0 Å². The van der Waals surface area contributed by atoms with Gasteiger partial charge in [0, 0.05) is 12.8 Å². The van der Waals surface area contributed by atoms with Crippen LogP contribution in [0.25, 0.3) is 0 Å². The summed E-state index contributed by atoms with van der Waals surface area (Å²) in [6.45, 7) is 3.27. The largest absolute Gasteiger partial charge is 0.472 e. The Morgan fingerprint density at radius 3 is 1.26 bits per heavy atom. The molecular weight excluding hydrogens is 852 g/mol. The number of carbonyl (C=O) groups is 2. The van der Waals surface area contributed by atoms with E-state index in [-0.39, 0.29) is 12.8 Å². The third kappa shape index (κ3) is 33.3. The maximum Gasteiger partial charge on any atom is 0.472 e. The van der Waals surface area contributed by atoms with Crippen LogP contribution < -0.4 is 0 Å². The van der Waals surface area contributed by atoms with Gasteiger partial charge in [-0.2, -0.15) is 0 Å². The number of unbranched alkanes of at least 4 members (excludes halogenated alkanes) is 25. The lowest BCUT2D eigenvalue weighted by Crippen LogP contribution is -2.64.